The first kappa shape index (κ1) is 19.6. The van der Waals surface area contributed by atoms with Crippen LogP contribution < -0.4 is 14.5 Å². The number of furan rings is 1. The number of nitrogens with zero attached hydrogens (tertiary/aromatic N) is 5. The van der Waals surface area contributed by atoms with Crippen molar-refractivity contribution >= 4 is 28.4 Å². The SMILES string of the molecule is COc1cccc2cc(C(=O)N3CCN(c4cc(N5CCOCC5)cnn4)CC3)oc12. The number of piperazine rings is 1. The number of hydrogen-bond donors (Lipinski definition) is 0. The van der Waals surface area contributed by atoms with Crippen molar-refractivity contribution in [3.8, 4) is 5.75 Å². The first-order valence-corrected chi connectivity index (χ1v) is 10.5. The first-order chi connectivity index (χ1) is 15.2. The van der Waals surface area contributed by atoms with E-state index in [4.69, 9.17) is 13.9 Å². The van der Waals surface area contributed by atoms with Gasteiger partial charge in [0.15, 0.2) is 22.9 Å². The molecule has 0 N–H and O–H groups in total. The van der Waals surface area contributed by atoms with Crippen molar-refractivity contribution in [3.05, 3.63) is 42.3 Å². The fourth-order valence-electron chi connectivity index (χ4n) is 4.09. The summed E-state index contributed by atoms with van der Waals surface area (Å²) in [6.07, 6.45) is 1.80. The van der Waals surface area contributed by atoms with Crippen LogP contribution in [0.25, 0.3) is 11.0 Å². The molecule has 2 fully saturated rings. The number of rotatable bonds is 4. The van der Waals surface area contributed by atoms with Gasteiger partial charge in [-0.2, -0.15) is 5.10 Å². The molecule has 2 aliphatic rings. The van der Waals surface area contributed by atoms with Crippen LogP contribution in [0.1, 0.15) is 10.6 Å². The molecule has 0 bridgehead atoms. The third kappa shape index (κ3) is 3.88. The molecular formula is C22H25N5O4. The Labute approximate surface area is 180 Å². The predicted octanol–water partition coefficient (Wildman–Crippen LogP) is 2.03. The number of para-hydroxylation sites is 1. The Kier molecular flexibility index (Phi) is 5.33. The van der Waals surface area contributed by atoms with Crippen LogP contribution in [0.4, 0.5) is 11.5 Å². The Hall–Kier alpha value is -3.33. The molecule has 4 heterocycles. The minimum Gasteiger partial charge on any atom is -0.493 e. The normalized spacial score (nSPS) is 17.3. The van der Waals surface area contributed by atoms with Crippen LogP contribution in [-0.4, -0.2) is 80.6 Å². The molecule has 0 aliphatic carbocycles. The molecule has 0 atom stereocenters. The highest BCUT2D eigenvalue weighted by atomic mass is 16.5. The maximum atomic E-state index is 13.0. The number of benzene rings is 1. The lowest BCUT2D eigenvalue weighted by molar-refractivity contribution is 0.0716. The summed E-state index contributed by atoms with van der Waals surface area (Å²) in [4.78, 5) is 19.2. The number of ether oxygens (including phenoxy) is 2. The summed E-state index contributed by atoms with van der Waals surface area (Å²) in [5, 5.41) is 9.37. The van der Waals surface area contributed by atoms with E-state index in [0.717, 1.165) is 43.2 Å². The molecule has 1 aromatic carbocycles. The van der Waals surface area contributed by atoms with E-state index >= 15 is 0 Å². The maximum Gasteiger partial charge on any atom is 0.289 e. The summed E-state index contributed by atoms with van der Waals surface area (Å²) in [6.45, 7) is 5.74. The van der Waals surface area contributed by atoms with E-state index in [2.05, 4.69) is 26.1 Å². The topological polar surface area (TPSA) is 84.2 Å². The van der Waals surface area contributed by atoms with E-state index in [1.165, 1.54) is 0 Å². The molecule has 1 amide bonds. The van der Waals surface area contributed by atoms with Crippen LogP contribution in [0.2, 0.25) is 0 Å². The Bertz CT molecular complexity index is 1070. The van der Waals surface area contributed by atoms with E-state index in [1.807, 2.05) is 23.1 Å². The van der Waals surface area contributed by atoms with Gasteiger partial charge in [0.1, 0.15) is 0 Å². The van der Waals surface area contributed by atoms with E-state index in [9.17, 15) is 4.79 Å². The summed E-state index contributed by atoms with van der Waals surface area (Å²) < 4.78 is 16.6. The van der Waals surface area contributed by atoms with Gasteiger partial charge in [0.25, 0.3) is 5.91 Å². The van der Waals surface area contributed by atoms with Crippen molar-refractivity contribution in [2.24, 2.45) is 0 Å². The smallest absolute Gasteiger partial charge is 0.289 e. The summed E-state index contributed by atoms with van der Waals surface area (Å²) in [5.74, 6) is 1.69. The van der Waals surface area contributed by atoms with E-state index in [-0.39, 0.29) is 5.91 Å². The second kappa shape index (κ2) is 8.43. The fraction of sp³-hybridized carbons (Fsp3) is 0.409. The maximum absolute atomic E-state index is 13.0. The number of carbonyl (C=O) groups excluding carboxylic acids is 1. The van der Waals surface area contributed by atoms with Crippen molar-refractivity contribution in [1.29, 1.82) is 0 Å². The molecule has 9 heteroatoms. The third-order valence-corrected chi connectivity index (χ3v) is 5.83. The number of anilines is 2. The van der Waals surface area contributed by atoms with Crippen molar-refractivity contribution in [2.75, 3.05) is 69.4 Å². The molecule has 2 saturated heterocycles. The van der Waals surface area contributed by atoms with Crippen molar-refractivity contribution in [2.45, 2.75) is 0 Å². The number of morpholine rings is 1. The standard InChI is InChI=1S/C22H25N5O4/c1-29-18-4-2-3-16-13-19(31-21(16)18)22(28)27-7-5-26(6-8-27)20-14-17(15-23-24-20)25-9-11-30-12-10-25/h2-4,13-15H,5-12H2,1H3. The van der Waals surface area contributed by atoms with Crippen molar-refractivity contribution < 1.29 is 18.7 Å². The number of aromatic nitrogens is 2. The number of fused-ring (bicyclic) bond motifs is 1. The summed E-state index contributed by atoms with van der Waals surface area (Å²) in [7, 11) is 1.59. The Morgan fingerprint density at radius 3 is 2.61 bits per heavy atom. The highest BCUT2D eigenvalue weighted by Gasteiger charge is 2.26. The molecule has 0 unspecified atom stereocenters. The molecule has 162 valence electrons. The van der Waals surface area contributed by atoms with Gasteiger partial charge in [-0.25, -0.2) is 0 Å². The number of methoxy groups -OCH3 is 1. The van der Waals surface area contributed by atoms with Gasteiger partial charge in [-0.3, -0.25) is 4.79 Å². The molecule has 2 aromatic heterocycles. The first-order valence-electron chi connectivity index (χ1n) is 10.5. The summed E-state index contributed by atoms with van der Waals surface area (Å²) in [5.41, 5.74) is 1.66. The second-order valence-corrected chi connectivity index (χ2v) is 7.64. The fourth-order valence-corrected chi connectivity index (χ4v) is 4.09. The van der Waals surface area contributed by atoms with Crippen molar-refractivity contribution in [3.63, 3.8) is 0 Å². The van der Waals surface area contributed by atoms with Gasteiger partial charge < -0.3 is 28.6 Å². The largest absolute Gasteiger partial charge is 0.493 e. The van der Waals surface area contributed by atoms with Crippen LogP contribution in [0, 0.1) is 0 Å². The summed E-state index contributed by atoms with van der Waals surface area (Å²) >= 11 is 0. The van der Waals surface area contributed by atoms with Gasteiger partial charge in [-0.1, -0.05) is 12.1 Å². The zero-order valence-electron chi connectivity index (χ0n) is 17.5. The van der Waals surface area contributed by atoms with E-state index < -0.39 is 0 Å². The molecule has 9 nitrogen and oxygen atoms in total. The number of amides is 1. The van der Waals surface area contributed by atoms with Crippen LogP contribution in [0.5, 0.6) is 5.75 Å². The molecule has 2 aliphatic heterocycles. The monoisotopic (exact) mass is 423 g/mol. The molecule has 0 radical (unpaired) electrons. The lowest BCUT2D eigenvalue weighted by Gasteiger charge is -2.35. The van der Waals surface area contributed by atoms with Crippen LogP contribution in [-0.2, 0) is 4.74 Å². The molecule has 0 saturated carbocycles. The highest BCUT2D eigenvalue weighted by Crippen LogP contribution is 2.29. The quantitative estimate of drug-likeness (QED) is 0.630. The predicted molar refractivity (Wildman–Crippen MR) is 116 cm³/mol. The van der Waals surface area contributed by atoms with E-state index in [1.54, 1.807) is 19.4 Å². The van der Waals surface area contributed by atoms with Gasteiger partial charge in [0, 0.05) is 50.7 Å². The average molecular weight is 423 g/mol. The average Bonchev–Trinajstić information content (AvgIpc) is 3.29. The van der Waals surface area contributed by atoms with Crippen molar-refractivity contribution in [1.82, 2.24) is 15.1 Å². The number of hydrogen-bond acceptors (Lipinski definition) is 8. The molecule has 5 rings (SSSR count). The Morgan fingerprint density at radius 1 is 1.03 bits per heavy atom. The van der Waals surface area contributed by atoms with Gasteiger partial charge in [0.05, 0.1) is 32.2 Å². The van der Waals surface area contributed by atoms with Gasteiger partial charge in [0.2, 0.25) is 0 Å². The molecule has 31 heavy (non-hydrogen) atoms. The lowest BCUT2D eigenvalue weighted by atomic mass is 10.2. The van der Waals surface area contributed by atoms with Gasteiger partial charge in [-0.05, 0) is 12.1 Å². The minimum absolute atomic E-state index is 0.106. The Balaban J connectivity index is 1.26. The third-order valence-electron chi connectivity index (χ3n) is 5.83. The van der Waals surface area contributed by atoms with Crippen LogP contribution in [0.15, 0.2) is 40.9 Å². The molecule has 3 aromatic rings. The molecule has 0 spiro atoms. The molecular weight excluding hydrogens is 398 g/mol. The number of carbonyl (C=O) groups is 1. The zero-order valence-corrected chi connectivity index (χ0v) is 17.5. The summed E-state index contributed by atoms with van der Waals surface area (Å²) in [6, 6.07) is 9.47. The Morgan fingerprint density at radius 2 is 1.84 bits per heavy atom. The van der Waals surface area contributed by atoms with Crippen LogP contribution in [0.3, 0.4) is 0 Å². The van der Waals surface area contributed by atoms with E-state index in [0.29, 0.717) is 43.3 Å². The van der Waals surface area contributed by atoms with Gasteiger partial charge in [-0.15, -0.1) is 5.10 Å². The zero-order chi connectivity index (χ0) is 21.2. The minimum atomic E-state index is -0.106. The highest BCUT2D eigenvalue weighted by molar-refractivity contribution is 5.97. The van der Waals surface area contributed by atoms with Gasteiger partial charge >= 0.3 is 0 Å². The second-order valence-electron chi connectivity index (χ2n) is 7.64. The van der Waals surface area contributed by atoms with Crippen LogP contribution >= 0.6 is 0 Å². The lowest BCUT2D eigenvalue weighted by Crippen LogP contribution is -2.49.